The van der Waals surface area contributed by atoms with Crippen LogP contribution >= 0.6 is 0 Å². The van der Waals surface area contributed by atoms with Gasteiger partial charge in [0.2, 0.25) is 5.91 Å². The summed E-state index contributed by atoms with van der Waals surface area (Å²) in [6.45, 7) is -1.02. The number of methoxy groups -OCH3 is 1. The number of benzene rings is 5. The standard InChI is InChI=1S/C46H48FN3O11/c1-60-34-16-6-29(7-17-34)41-37(22-23-38(52)28-4-12-32(47)13-5-28)46(59)50(41)33-14-2-27(3-15-33)24-48-44(57)30-8-18-35(19-9-30)61-36-20-10-31(11-21-36)45(58)49-25-39(53)42(55)43(56)40(54)26-51/h2-21,37-43,51-56H,22-26H2,1H3,(H,48,57)(H,49,58). The second-order valence-corrected chi connectivity index (χ2v) is 14.7. The van der Waals surface area contributed by atoms with E-state index < -0.39 is 49.6 Å². The molecule has 14 nitrogen and oxygen atoms in total. The highest BCUT2D eigenvalue weighted by Crippen LogP contribution is 2.46. The van der Waals surface area contributed by atoms with Gasteiger partial charge in [-0.1, -0.05) is 36.4 Å². The third kappa shape index (κ3) is 11.0. The van der Waals surface area contributed by atoms with Crippen LogP contribution in [0.1, 0.15) is 62.4 Å². The number of nitrogens with zero attached hydrogens (tertiary/aromatic N) is 1. The van der Waals surface area contributed by atoms with E-state index in [1.165, 1.54) is 24.3 Å². The molecule has 1 aliphatic rings. The summed E-state index contributed by atoms with van der Waals surface area (Å²) in [5.74, 6) is -0.212. The Kier molecular flexibility index (Phi) is 14.8. The SMILES string of the molecule is COc1ccc(C2C(CCC(O)c3ccc(F)cc3)C(=O)N2c2ccc(CNC(=O)c3ccc(Oc4ccc(C(=O)NCC(O)C(O)C(O)C(O)CO)cc4)cc3)cc2)cc1. The summed E-state index contributed by atoms with van der Waals surface area (Å²) in [5.41, 5.74) is 3.62. The first-order valence-corrected chi connectivity index (χ1v) is 19.6. The number of anilines is 1. The zero-order valence-corrected chi connectivity index (χ0v) is 33.2. The van der Waals surface area contributed by atoms with E-state index in [4.69, 9.17) is 14.6 Å². The normalized spacial score (nSPS) is 17.3. The third-order valence-corrected chi connectivity index (χ3v) is 10.6. The van der Waals surface area contributed by atoms with Gasteiger partial charge in [-0.2, -0.15) is 0 Å². The second kappa shape index (κ2) is 20.4. The van der Waals surface area contributed by atoms with Gasteiger partial charge in [0, 0.05) is 29.9 Å². The molecule has 7 unspecified atom stereocenters. The van der Waals surface area contributed by atoms with E-state index in [0.717, 1.165) is 11.1 Å². The number of hydrogen-bond acceptors (Lipinski definition) is 11. The van der Waals surface area contributed by atoms with Crippen LogP contribution in [0.5, 0.6) is 17.2 Å². The molecule has 8 N–H and O–H groups in total. The Balaban J connectivity index is 0.998. The molecule has 0 bridgehead atoms. The summed E-state index contributed by atoms with van der Waals surface area (Å²) in [6, 6.07) is 32.8. The van der Waals surface area contributed by atoms with Gasteiger partial charge < -0.3 is 55.6 Å². The summed E-state index contributed by atoms with van der Waals surface area (Å²) < 4.78 is 24.6. The Morgan fingerprint density at radius 3 is 1.80 bits per heavy atom. The maximum atomic E-state index is 13.6. The zero-order valence-electron chi connectivity index (χ0n) is 33.2. The van der Waals surface area contributed by atoms with Crippen LogP contribution in [0, 0.1) is 11.7 Å². The van der Waals surface area contributed by atoms with Crippen molar-refractivity contribution in [2.75, 3.05) is 25.2 Å². The molecule has 7 atom stereocenters. The van der Waals surface area contributed by atoms with E-state index in [-0.39, 0.29) is 41.7 Å². The fourth-order valence-corrected chi connectivity index (χ4v) is 7.02. The number of nitrogens with one attached hydrogen (secondary N) is 2. The number of ether oxygens (including phenoxy) is 2. The smallest absolute Gasteiger partial charge is 0.251 e. The third-order valence-electron chi connectivity index (χ3n) is 10.6. The molecule has 1 saturated heterocycles. The van der Waals surface area contributed by atoms with Gasteiger partial charge in [-0.25, -0.2) is 4.39 Å². The minimum Gasteiger partial charge on any atom is -0.497 e. The molecule has 6 rings (SSSR count). The predicted molar refractivity (Wildman–Crippen MR) is 221 cm³/mol. The molecule has 320 valence electrons. The van der Waals surface area contributed by atoms with Crippen LogP contribution in [-0.4, -0.2) is 93.0 Å². The van der Waals surface area contributed by atoms with Gasteiger partial charge >= 0.3 is 0 Å². The van der Waals surface area contributed by atoms with Crippen molar-refractivity contribution in [3.63, 3.8) is 0 Å². The van der Waals surface area contributed by atoms with Crippen molar-refractivity contribution in [3.05, 3.63) is 155 Å². The lowest BCUT2D eigenvalue weighted by molar-refractivity contribution is -0.131. The zero-order chi connectivity index (χ0) is 43.6. The molecule has 1 fully saturated rings. The van der Waals surface area contributed by atoms with Gasteiger partial charge in [0.05, 0.1) is 37.9 Å². The molecule has 1 aliphatic heterocycles. The number of aliphatic hydroxyl groups excluding tert-OH is 6. The highest BCUT2D eigenvalue weighted by atomic mass is 19.1. The highest BCUT2D eigenvalue weighted by Gasteiger charge is 2.48. The van der Waals surface area contributed by atoms with Crippen LogP contribution in [0.15, 0.2) is 121 Å². The lowest BCUT2D eigenvalue weighted by Gasteiger charge is -2.48. The molecule has 3 amide bonds. The predicted octanol–water partition coefficient (Wildman–Crippen LogP) is 3.94. The number of carbonyl (C=O) groups is 3. The van der Waals surface area contributed by atoms with E-state index >= 15 is 0 Å². The Labute approximate surface area is 351 Å². The van der Waals surface area contributed by atoms with Crippen LogP contribution in [0.2, 0.25) is 0 Å². The van der Waals surface area contributed by atoms with Crippen LogP contribution in [0.25, 0.3) is 0 Å². The fourth-order valence-electron chi connectivity index (χ4n) is 7.02. The number of hydrogen-bond donors (Lipinski definition) is 8. The molecule has 0 radical (unpaired) electrons. The van der Waals surface area contributed by atoms with E-state index in [2.05, 4.69) is 10.6 Å². The molecule has 5 aromatic carbocycles. The Hall–Kier alpha value is -6.20. The summed E-state index contributed by atoms with van der Waals surface area (Å²) in [5, 5.41) is 64.2. The molecule has 0 spiro atoms. The van der Waals surface area contributed by atoms with Crippen molar-refractivity contribution in [3.8, 4) is 17.2 Å². The van der Waals surface area contributed by atoms with Gasteiger partial charge in [-0.15, -0.1) is 0 Å². The molecule has 0 aliphatic carbocycles. The van der Waals surface area contributed by atoms with Crippen molar-refractivity contribution in [1.29, 1.82) is 0 Å². The van der Waals surface area contributed by atoms with Crippen LogP contribution in [-0.2, 0) is 11.3 Å². The van der Waals surface area contributed by atoms with Gasteiger partial charge in [-0.05, 0) is 114 Å². The van der Waals surface area contributed by atoms with E-state index in [9.17, 15) is 44.3 Å². The van der Waals surface area contributed by atoms with E-state index in [1.807, 2.05) is 48.5 Å². The molecule has 0 aromatic heterocycles. The molecule has 61 heavy (non-hydrogen) atoms. The van der Waals surface area contributed by atoms with E-state index in [1.54, 1.807) is 60.5 Å². The molecule has 15 heteroatoms. The number of rotatable bonds is 19. The summed E-state index contributed by atoms with van der Waals surface area (Å²) in [7, 11) is 1.58. The number of carbonyl (C=O) groups excluding carboxylic acids is 3. The first-order chi connectivity index (χ1) is 29.4. The number of β-lactam (4-membered cyclic amide) rings is 1. The Bertz CT molecular complexity index is 2220. The lowest BCUT2D eigenvalue weighted by Crippen LogP contribution is -2.55. The Morgan fingerprint density at radius 2 is 1.25 bits per heavy atom. The average Bonchev–Trinajstić information content (AvgIpc) is 3.29. The van der Waals surface area contributed by atoms with Crippen LogP contribution in [0.3, 0.4) is 0 Å². The van der Waals surface area contributed by atoms with Crippen LogP contribution in [0.4, 0.5) is 10.1 Å². The highest BCUT2D eigenvalue weighted by molar-refractivity contribution is 6.03. The lowest BCUT2D eigenvalue weighted by atomic mass is 9.78. The Morgan fingerprint density at radius 1 is 0.705 bits per heavy atom. The molecule has 0 saturated carbocycles. The molecular formula is C46H48FN3O11. The van der Waals surface area contributed by atoms with Crippen LogP contribution < -0.4 is 25.0 Å². The van der Waals surface area contributed by atoms with Crippen molar-refractivity contribution < 1.29 is 58.9 Å². The average molecular weight is 838 g/mol. The first kappa shape index (κ1) is 44.4. The van der Waals surface area contributed by atoms with Gasteiger partial charge in [0.25, 0.3) is 11.8 Å². The summed E-state index contributed by atoms with van der Waals surface area (Å²) >= 11 is 0. The largest absolute Gasteiger partial charge is 0.497 e. The molecular weight excluding hydrogens is 790 g/mol. The maximum Gasteiger partial charge on any atom is 0.251 e. The first-order valence-electron chi connectivity index (χ1n) is 19.6. The number of halogens is 1. The van der Waals surface area contributed by atoms with E-state index in [0.29, 0.717) is 46.9 Å². The summed E-state index contributed by atoms with van der Waals surface area (Å²) in [4.78, 5) is 40.9. The number of aliphatic hydroxyl groups is 6. The monoisotopic (exact) mass is 837 g/mol. The maximum absolute atomic E-state index is 13.6. The second-order valence-electron chi connectivity index (χ2n) is 14.7. The summed E-state index contributed by atoms with van der Waals surface area (Å²) in [6.07, 6.45) is -6.96. The molecule has 1 heterocycles. The minimum absolute atomic E-state index is 0.0761. The fraction of sp³-hybridized carbons (Fsp3) is 0.283. The number of amides is 3. The van der Waals surface area contributed by atoms with Crippen molar-refractivity contribution in [2.45, 2.75) is 55.9 Å². The van der Waals surface area contributed by atoms with Crippen molar-refractivity contribution in [1.82, 2.24) is 10.6 Å². The molecule has 5 aromatic rings. The van der Waals surface area contributed by atoms with Gasteiger partial charge in [0.1, 0.15) is 41.4 Å². The van der Waals surface area contributed by atoms with Crippen molar-refractivity contribution >= 4 is 23.4 Å². The quantitative estimate of drug-likeness (QED) is 0.0558. The van der Waals surface area contributed by atoms with Gasteiger partial charge in [-0.3, -0.25) is 14.4 Å². The van der Waals surface area contributed by atoms with Gasteiger partial charge in [0.15, 0.2) is 0 Å². The minimum atomic E-state index is -1.81. The van der Waals surface area contributed by atoms with Crippen molar-refractivity contribution in [2.24, 2.45) is 5.92 Å². The topological polar surface area (TPSA) is 218 Å².